The van der Waals surface area contributed by atoms with Gasteiger partial charge in [-0.2, -0.15) is 0 Å². The van der Waals surface area contributed by atoms with Crippen molar-refractivity contribution in [3.05, 3.63) is 0 Å². The molecule has 84 valence electrons. The maximum Gasteiger partial charge on any atom is 0.208 e. The Kier molecular flexibility index (Phi) is 2.30. The van der Waals surface area contributed by atoms with Gasteiger partial charge in [-0.15, -0.1) is 0 Å². The third-order valence-electron chi connectivity index (χ3n) is 3.74. The van der Waals surface area contributed by atoms with Crippen LogP contribution in [0.25, 0.3) is 0 Å². The molecular formula is C9H15N3O2S. The highest BCUT2D eigenvalue weighted by Crippen LogP contribution is 2.46. The van der Waals surface area contributed by atoms with Gasteiger partial charge >= 0.3 is 0 Å². The smallest absolute Gasteiger partial charge is 0.208 e. The minimum atomic E-state index is 0.00190. The second kappa shape index (κ2) is 3.54. The highest BCUT2D eigenvalue weighted by molar-refractivity contribution is 7.93. The predicted octanol–water partition coefficient (Wildman–Crippen LogP) is 0.627. The van der Waals surface area contributed by atoms with Gasteiger partial charge in [-0.3, -0.25) is 9.01 Å². The van der Waals surface area contributed by atoms with Crippen LogP contribution in [0.1, 0.15) is 19.3 Å². The van der Waals surface area contributed by atoms with E-state index in [1.807, 2.05) is 0 Å². The molecule has 2 aliphatic heterocycles. The first-order valence-corrected chi connectivity index (χ1v) is 6.09. The van der Waals surface area contributed by atoms with Gasteiger partial charge in [-0.1, -0.05) is 5.16 Å². The van der Waals surface area contributed by atoms with Gasteiger partial charge in [0.1, 0.15) is 5.60 Å². The van der Waals surface area contributed by atoms with Crippen molar-refractivity contribution in [2.24, 2.45) is 22.7 Å². The summed E-state index contributed by atoms with van der Waals surface area (Å²) in [5, 5.41) is 3.98. The van der Waals surface area contributed by atoms with E-state index in [9.17, 15) is 0 Å². The molecule has 0 aromatic carbocycles. The Morgan fingerprint density at radius 2 is 2.47 bits per heavy atom. The van der Waals surface area contributed by atoms with Crippen LogP contribution in [-0.2, 0) is 9.02 Å². The monoisotopic (exact) mass is 229 g/mol. The summed E-state index contributed by atoms with van der Waals surface area (Å²) in [5.74, 6) is 2.08. The van der Waals surface area contributed by atoms with Crippen molar-refractivity contribution >= 4 is 18.1 Å². The van der Waals surface area contributed by atoms with Crippen LogP contribution in [0.5, 0.6) is 0 Å². The van der Waals surface area contributed by atoms with Crippen LogP contribution in [0.2, 0.25) is 0 Å². The molecule has 0 bridgehead atoms. The van der Waals surface area contributed by atoms with Gasteiger partial charge < -0.3 is 10.5 Å². The Morgan fingerprint density at radius 3 is 3.07 bits per heavy atom. The molecule has 0 radical (unpaired) electrons. The maximum atomic E-state index is 5.75. The van der Waals surface area contributed by atoms with Gasteiger partial charge in [-0.25, -0.2) is 0 Å². The summed E-state index contributed by atoms with van der Waals surface area (Å²) in [6.45, 7) is 1.49. The average Bonchev–Trinajstić information content (AvgIpc) is 2.74. The number of nitrogens with two attached hydrogens (primary N) is 1. The molecule has 1 saturated carbocycles. The first-order chi connectivity index (χ1) is 7.34. The van der Waals surface area contributed by atoms with Crippen molar-refractivity contribution in [2.75, 3.05) is 13.2 Å². The zero-order chi connectivity index (χ0) is 10.3. The Labute approximate surface area is 93.1 Å². The molecule has 3 unspecified atom stereocenters. The van der Waals surface area contributed by atoms with Crippen LogP contribution < -0.4 is 10.5 Å². The molecule has 3 N–H and O–H groups in total. The van der Waals surface area contributed by atoms with E-state index in [1.54, 1.807) is 0 Å². The van der Waals surface area contributed by atoms with E-state index in [-0.39, 0.29) is 5.60 Å². The fourth-order valence-corrected chi connectivity index (χ4v) is 3.06. The fourth-order valence-electron chi connectivity index (χ4n) is 2.62. The molecule has 5 nitrogen and oxygen atoms in total. The molecule has 2 fully saturated rings. The molecule has 1 aliphatic carbocycles. The summed E-state index contributed by atoms with van der Waals surface area (Å²) < 4.78 is 13.5. The maximum absolute atomic E-state index is 5.75. The average molecular weight is 229 g/mol. The lowest BCUT2D eigenvalue weighted by atomic mass is 9.90. The third kappa shape index (κ3) is 1.60. The van der Waals surface area contributed by atoms with Crippen LogP contribution in [-0.4, -0.2) is 24.6 Å². The van der Waals surface area contributed by atoms with E-state index >= 15 is 0 Å². The molecule has 0 spiro atoms. The summed E-state index contributed by atoms with van der Waals surface area (Å²) >= 11 is 1.19. The largest absolute Gasteiger partial charge is 0.368 e. The van der Waals surface area contributed by atoms with Crippen LogP contribution in [0, 0.1) is 11.8 Å². The minimum Gasteiger partial charge on any atom is -0.368 e. The van der Waals surface area contributed by atoms with Crippen molar-refractivity contribution < 1.29 is 9.02 Å². The zero-order valence-electron chi connectivity index (χ0n) is 8.44. The van der Waals surface area contributed by atoms with Crippen molar-refractivity contribution in [1.82, 2.24) is 4.72 Å². The van der Waals surface area contributed by atoms with Crippen molar-refractivity contribution in [3.63, 3.8) is 0 Å². The SMILES string of the molecule is NCC1(C2CCC(C3=NOSN3)C2)CO1. The van der Waals surface area contributed by atoms with Crippen molar-refractivity contribution in [2.45, 2.75) is 24.9 Å². The molecule has 3 rings (SSSR count). The normalized spacial score (nSPS) is 43.4. The molecule has 6 heteroatoms. The number of nitrogens with zero attached hydrogens (tertiary/aromatic N) is 1. The van der Waals surface area contributed by atoms with Gasteiger partial charge in [-0.05, 0) is 25.2 Å². The molecule has 3 atom stereocenters. The Balaban J connectivity index is 1.63. The highest BCUT2D eigenvalue weighted by Gasteiger charge is 2.53. The van der Waals surface area contributed by atoms with E-state index in [0.717, 1.165) is 25.3 Å². The Bertz CT molecular complexity index is 293. The number of epoxide rings is 1. The van der Waals surface area contributed by atoms with Crippen molar-refractivity contribution in [3.8, 4) is 0 Å². The number of amidine groups is 1. The molecule has 1 saturated heterocycles. The first kappa shape index (κ1) is 9.74. The summed E-state index contributed by atoms with van der Waals surface area (Å²) in [6.07, 6.45) is 3.46. The van der Waals surface area contributed by atoms with E-state index in [0.29, 0.717) is 18.4 Å². The van der Waals surface area contributed by atoms with Gasteiger partial charge in [0.2, 0.25) is 12.2 Å². The molecule has 0 amide bonds. The molecule has 0 aromatic rings. The fraction of sp³-hybridized carbons (Fsp3) is 0.889. The van der Waals surface area contributed by atoms with Crippen LogP contribution in [0.15, 0.2) is 5.16 Å². The third-order valence-corrected chi connectivity index (χ3v) is 4.18. The second-order valence-electron chi connectivity index (χ2n) is 4.50. The van der Waals surface area contributed by atoms with E-state index in [4.69, 9.17) is 14.8 Å². The predicted molar refractivity (Wildman–Crippen MR) is 57.8 cm³/mol. The number of oxime groups is 1. The molecular weight excluding hydrogens is 214 g/mol. The lowest BCUT2D eigenvalue weighted by Crippen LogP contribution is -2.32. The number of rotatable bonds is 3. The summed E-state index contributed by atoms with van der Waals surface area (Å²) in [6, 6.07) is 0. The number of ether oxygens (including phenoxy) is 1. The molecule has 2 heterocycles. The Hall–Kier alpha value is -0.460. The topological polar surface area (TPSA) is 72.2 Å². The summed E-state index contributed by atoms with van der Waals surface area (Å²) in [5.41, 5.74) is 5.75. The van der Waals surface area contributed by atoms with Crippen LogP contribution >= 0.6 is 12.2 Å². The highest BCUT2D eigenvalue weighted by atomic mass is 32.2. The second-order valence-corrected chi connectivity index (χ2v) is 5.02. The first-order valence-electron chi connectivity index (χ1n) is 5.35. The Morgan fingerprint density at radius 1 is 1.60 bits per heavy atom. The van der Waals surface area contributed by atoms with E-state index in [1.165, 1.54) is 18.6 Å². The summed E-state index contributed by atoms with van der Waals surface area (Å²) in [4.78, 5) is 0. The van der Waals surface area contributed by atoms with Gasteiger partial charge in [0.15, 0.2) is 5.84 Å². The van der Waals surface area contributed by atoms with Crippen LogP contribution in [0.3, 0.4) is 0 Å². The van der Waals surface area contributed by atoms with Gasteiger partial charge in [0.05, 0.1) is 6.61 Å². The minimum absolute atomic E-state index is 0.00190. The standard InChI is InChI=1S/C9H15N3O2S/c10-4-9(5-13-9)7-2-1-6(3-7)8-11-14-15-12-8/h6-7H,1-5,10H2,(H,11,12). The van der Waals surface area contributed by atoms with Crippen molar-refractivity contribution in [1.29, 1.82) is 0 Å². The molecule has 0 aromatic heterocycles. The number of hydrogen-bond donors (Lipinski definition) is 2. The lowest BCUT2D eigenvalue weighted by Gasteiger charge is -2.17. The van der Waals surface area contributed by atoms with Gasteiger partial charge in [0, 0.05) is 12.5 Å². The zero-order valence-corrected chi connectivity index (χ0v) is 9.26. The number of nitrogens with one attached hydrogen (secondary N) is 1. The van der Waals surface area contributed by atoms with Crippen LogP contribution in [0.4, 0.5) is 0 Å². The number of hydrogen-bond acceptors (Lipinski definition) is 6. The molecule has 15 heavy (non-hydrogen) atoms. The van der Waals surface area contributed by atoms with E-state index < -0.39 is 0 Å². The quantitative estimate of drug-likeness (QED) is 0.422. The summed E-state index contributed by atoms with van der Waals surface area (Å²) in [7, 11) is 0. The van der Waals surface area contributed by atoms with Gasteiger partial charge in [0.25, 0.3) is 0 Å². The van der Waals surface area contributed by atoms with E-state index in [2.05, 4.69) is 9.88 Å². The molecule has 3 aliphatic rings. The lowest BCUT2D eigenvalue weighted by molar-refractivity contribution is 0.223.